The van der Waals surface area contributed by atoms with Crippen molar-refractivity contribution in [2.24, 2.45) is 5.73 Å². The minimum atomic E-state index is -1.08. The Kier molecular flexibility index (Phi) is 8.65. The summed E-state index contributed by atoms with van der Waals surface area (Å²) < 4.78 is 7.57. The second kappa shape index (κ2) is 11.5. The van der Waals surface area contributed by atoms with Crippen molar-refractivity contribution in [2.75, 3.05) is 13.1 Å². The summed E-state index contributed by atoms with van der Waals surface area (Å²) in [5.41, 5.74) is 6.94. The van der Waals surface area contributed by atoms with E-state index < -0.39 is 5.97 Å². The topological polar surface area (TPSA) is 97.5 Å². The summed E-state index contributed by atoms with van der Waals surface area (Å²) in [4.78, 5) is 15.0. The molecule has 1 aromatic carbocycles. The van der Waals surface area contributed by atoms with Gasteiger partial charge >= 0.3 is 5.97 Å². The van der Waals surface area contributed by atoms with Gasteiger partial charge in [-0.1, -0.05) is 40.0 Å². The molecule has 5 rings (SSSR count). The number of hydrogen-bond donors (Lipinski definition) is 2. The molecule has 192 valence electrons. The lowest BCUT2D eigenvalue weighted by Gasteiger charge is -2.32. The fourth-order valence-electron chi connectivity index (χ4n) is 4.19. The van der Waals surface area contributed by atoms with Crippen molar-refractivity contribution >= 4 is 63.0 Å². The third kappa shape index (κ3) is 6.07. The van der Waals surface area contributed by atoms with Gasteiger partial charge in [-0.25, -0.2) is 4.79 Å². The molecule has 3 N–H and O–H groups in total. The molecule has 3 aromatic heterocycles. The second-order valence-corrected chi connectivity index (χ2v) is 11.5. The van der Waals surface area contributed by atoms with E-state index in [-0.39, 0.29) is 12.2 Å². The van der Waals surface area contributed by atoms with Crippen molar-refractivity contribution in [3.63, 3.8) is 0 Å². The number of halogens is 3. The molecule has 0 amide bonds. The van der Waals surface area contributed by atoms with Crippen LogP contribution in [0.2, 0.25) is 14.4 Å². The van der Waals surface area contributed by atoms with Gasteiger partial charge in [0.2, 0.25) is 0 Å². The first-order valence-electron chi connectivity index (χ1n) is 11.6. The summed E-state index contributed by atoms with van der Waals surface area (Å²) in [6.45, 7) is 7.05. The number of aromatic nitrogens is 2. The maximum absolute atomic E-state index is 11.7. The van der Waals surface area contributed by atoms with Gasteiger partial charge in [0.1, 0.15) is 11.4 Å². The van der Waals surface area contributed by atoms with Gasteiger partial charge in [-0.2, -0.15) is 0 Å². The van der Waals surface area contributed by atoms with Gasteiger partial charge in [-0.3, -0.25) is 0 Å². The zero-order valence-corrected chi connectivity index (χ0v) is 23.0. The normalized spacial score (nSPS) is 14.9. The van der Waals surface area contributed by atoms with Crippen LogP contribution >= 0.6 is 46.1 Å². The number of piperidine rings is 1. The summed E-state index contributed by atoms with van der Waals surface area (Å²) >= 11 is 19.8. The number of carboxylic acid groups (broad SMARTS) is 1. The molecule has 1 fully saturated rings. The number of hydrogen-bond acceptors (Lipinski definition) is 6. The number of nitrogens with zero attached hydrogens (tertiary/aromatic N) is 3. The number of likely N-dealkylation sites (tertiary alicyclic amines) is 1. The Hall–Kier alpha value is -2.07. The Balaban J connectivity index is 0.000000256. The van der Waals surface area contributed by atoms with E-state index in [1.807, 2.05) is 6.07 Å². The van der Waals surface area contributed by atoms with Crippen molar-refractivity contribution in [3.8, 4) is 10.6 Å². The van der Waals surface area contributed by atoms with Gasteiger partial charge in [0.05, 0.1) is 31.3 Å². The second-order valence-electron chi connectivity index (χ2n) is 8.97. The number of aromatic carboxylic acids is 1. The van der Waals surface area contributed by atoms with Gasteiger partial charge in [-0.05, 0) is 70.1 Å². The highest BCUT2D eigenvalue weighted by atomic mass is 35.5. The molecule has 0 bridgehead atoms. The molecule has 0 unspecified atom stereocenters. The molecule has 0 aliphatic carbocycles. The molecular formula is C25H27Cl3N4O3S. The third-order valence-electron chi connectivity index (χ3n) is 6.18. The minimum Gasteiger partial charge on any atom is -0.477 e. The number of rotatable bonds is 5. The maximum Gasteiger partial charge on any atom is 0.352 e. The van der Waals surface area contributed by atoms with Crippen molar-refractivity contribution < 1.29 is 14.4 Å². The lowest BCUT2D eigenvalue weighted by molar-refractivity contribution is 0.0686. The summed E-state index contributed by atoms with van der Waals surface area (Å²) in [7, 11) is 0. The highest BCUT2D eigenvalue weighted by molar-refractivity contribution is 7.19. The van der Waals surface area contributed by atoms with E-state index in [1.165, 1.54) is 43.3 Å². The quantitative estimate of drug-likeness (QED) is 0.272. The summed E-state index contributed by atoms with van der Waals surface area (Å²) in [5.74, 6) is -0.517. The number of fused-ring (bicyclic) bond motifs is 1. The van der Waals surface area contributed by atoms with Crippen molar-refractivity contribution in [3.05, 3.63) is 62.2 Å². The highest BCUT2D eigenvalue weighted by Gasteiger charge is 2.20. The predicted molar refractivity (Wildman–Crippen MR) is 147 cm³/mol. The number of nitrogens with two attached hydrogens (primary N) is 1. The van der Waals surface area contributed by atoms with Crippen LogP contribution in [0.15, 0.2) is 40.9 Å². The van der Waals surface area contributed by atoms with E-state index in [4.69, 9.17) is 45.1 Å². The fraction of sp³-hybridized carbons (Fsp3) is 0.360. The molecule has 4 aromatic rings. The average molecular weight is 570 g/mol. The summed E-state index contributed by atoms with van der Waals surface area (Å²) in [6, 6.07) is 11.3. The molecule has 0 saturated carbocycles. The molecule has 11 heteroatoms. The van der Waals surface area contributed by atoms with Gasteiger partial charge < -0.3 is 24.8 Å². The van der Waals surface area contributed by atoms with Gasteiger partial charge in [0.25, 0.3) is 0 Å². The number of carboxylic acids is 1. The first kappa shape index (κ1) is 27.0. The lowest BCUT2D eigenvalue weighted by atomic mass is 10.1. The van der Waals surface area contributed by atoms with Crippen molar-refractivity contribution in [2.45, 2.75) is 45.3 Å². The molecule has 1 aliphatic rings. The molecule has 0 radical (unpaired) electrons. The Morgan fingerprint density at radius 3 is 2.47 bits per heavy atom. The fourth-order valence-corrected chi connectivity index (χ4v) is 5.66. The molecule has 0 spiro atoms. The number of carbonyl (C=O) groups is 1. The first-order valence-corrected chi connectivity index (χ1v) is 13.5. The smallest absolute Gasteiger partial charge is 0.352 e. The molecule has 36 heavy (non-hydrogen) atoms. The molecule has 0 atom stereocenters. The van der Waals surface area contributed by atoms with Crippen LogP contribution in [0.5, 0.6) is 0 Å². The minimum absolute atomic E-state index is 0.0683. The number of benzene rings is 1. The van der Waals surface area contributed by atoms with E-state index in [0.29, 0.717) is 48.8 Å². The summed E-state index contributed by atoms with van der Waals surface area (Å²) in [6.07, 6.45) is 2.36. The van der Waals surface area contributed by atoms with E-state index in [1.54, 1.807) is 28.8 Å². The van der Waals surface area contributed by atoms with Gasteiger partial charge in [-0.15, -0.1) is 11.3 Å². The van der Waals surface area contributed by atoms with E-state index in [2.05, 4.69) is 23.9 Å². The third-order valence-corrected chi connectivity index (χ3v) is 8.06. The molecule has 7 nitrogen and oxygen atoms in total. The monoisotopic (exact) mass is 568 g/mol. The summed E-state index contributed by atoms with van der Waals surface area (Å²) in [5, 5.41) is 15.0. The Bertz CT molecular complexity index is 1360. The Morgan fingerprint density at radius 2 is 1.86 bits per heavy atom. The molecular weight excluding hydrogens is 543 g/mol. The highest BCUT2D eigenvalue weighted by Crippen LogP contribution is 2.34. The molecule has 1 saturated heterocycles. The Labute approximate surface area is 228 Å². The average Bonchev–Trinajstić information content (AvgIpc) is 3.56. The van der Waals surface area contributed by atoms with Crippen molar-refractivity contribution in [1.82, 2.24) is 14.6 Å². The van der Waals surface area contributed by atoms with E-state index in [9.17, 15) is 9.90 Å². The van der Waals surface area contributed by atoms with Crippen LogP contribution in [0.1, 0.15) is 42.9 Å². The van der Waals surface area contributed by atoms with Crippen LogP contribution in [0, 0.1) is 0 Å². The SMILES string of the molecule is CC(C)N1CCC(N)CC1.O=C(O)c1cc2c(Cl)ccc(Cl)c2n1Cc1cc(-c2ccc(Cl)s2)on1. The van der Waals surface area contributed by atoms with Crippen molar-refractivity contribution in [1.29, 1.82) is 0 Å². The van der Waals surface area contributed by atoms with Crippen LogP contribution in [0.3, 0.4) is 0 Å². The standard InChI is InChI=1S/C17H9Cl3N2O3S.C8H18N2/c18-10-1-2-11(19)16-9(10)6-12(17(23)24)22(16)7-8-5-13(25-21-8)14-3-4-15(20)26-14;1-7(2)10-5-3-8(9)4-6-10/h1-6H,7H2,(H,23,24);7-8H,3-6,9H2,1-2H3. The van der Waals surface area contributed by atoms with Crippen LogP contribution < -0.4 is 5.73 Å². The van der Waals surface area contributed by atoms with Crippen LogP contribution in [-0.4, -0.2) is 50.9 Å². The van der Waals surface area contributed by atoms with Crippen LogP contribution in [-0.2, 0) is 6.54 Å². The number of thiophene rings is 1. The zero-order chi connectivity index (χ0) is 26.0. The maximum atomic E-state index is 11.7. The van der Waals surface area contributed by atoms with Gasteiger partial charge in [0, 0.05) is 23.5 Å². The first-order chi connectivity index (χ1) is 17.1. The predicted octanol–water partition coefficient (Wildman–Crippen LogP) is 6.88. The van der Waals surface area contributed by atoms with Crippen LogP contribution in [0.4, 0.5) is 0 Å². The largest absolute Gasteiger partial charge is 0.477 e. The lowest BCUT2D eigenvalue weighted by Crippen LogP contribution is -2.42. The van der Waals surface area contributed by atoms with Crippen LogP contribution in [0.25, 0.3) is 21.5 Å². The molecule has 1 aliphatic heterocycles. The van der Waals surface area contributed by atoms with E-state index in [0.717, 1.165) is 4.88 Å². The van der Waals surface area contributed by atoms with Gasteiger partial charge in [0.15, 0.2) is 5.76 Å². The molecule has 4 heterocycles. The Morgan fingerprint density at radius 1 is 1.17 bits per heavy atom. The van der Waals surface area contributed by atoms with E-state index >= 15 is 0 Å². The zero-order valence-electron chi connectivity index (χ0n) is 19.9.